The van der Waals surface area contributed by atoms with E-state index in [4.69, 9.17) is 0 Å². The van der Waals surface area contributed by atoms with Gasteiger partial charge in [0.2, 0.25) is 0 Å². The monoisotopic (exact) mass is 261 g/mol. The van der Waals surface area contributed by atoms with Gasteiger partial charge in [0, 0.05) is 31.7 Å². The van der Waals surface area contributed by atoms with Crippen molar-refractivity contribution in [1.29, 1.82) is 0 Å². The summed E-state index contributed by atoms with van der Waals surface area (Å²) >= 11 is 0. The number of rotatable bonds is 4. The molecule has 100 valence electrons. The molecule has 6 heteroatoms. The van der Waals surface area contributed by atoms with Crippen LogP contribution in [0.2, 0.25) is 0 Å². The lowest BCUT2D eigenvalue weighted by Gasteiger charge is -2.42. The van der Waals surface area contributed by atoms with Crippen LogP contribution in [0.5, 0.6) is 0 Å². The van der Waals surface area contributed by atoms with Crippen LogP contribution in [0, 0.1) is 0 Å². The van der Waals surface area contributed by atoms with Crippen LogP contribution < -0.4 is 4.72 Å². The molecule has 0 spiro atoms. The summed E-state index contributed by atoms with van der Waals surface area (Å²) in [6, 6.07) is 0.569. The topological polar surface area (TPSA) is 52.7 Å². The van der Waals surface area contributed by atoms with Gasteiger partial charge in [0.25, 0.3) is 10.2 Å². The second-order valence-corrected chi connectivity index (χ2v) is 6.63. The van der Waals surface area contributed by atoms with Crippen LogP contribution in [0.15, 0.2) is 0 Å². The van der Waals surface area contributed by atoms with Gasteiger partial charge in [-0.1, -0.05) is 13.8 Å². The molecule has 0 aromatic carbocycles. The maximum absolute atomic E-state index is 12.1. The summed E-state index contributed by atoms with van der Waals surface area (Å²) in [6.45, 7) is 7.04. The Morgan fingerprint density at radius 1 is 1.29 bits per heavy atom. The first-order valence-corrected chi connectivity index (χ1v) is 8.03. The molecule has 0 amide bonds. The number of fused-ring (bicyclic) bond motifs is 1. The molecule has 0 saturated carbocycles. The molecule has 0 radical (unpaired) electrons. The summed E-state index contributed by atoms with van der Waals surface area (Å²) in [7, 11) is -3.28. The lowest BCUT2D eigenvalue weighted by molar-refractivity contribution is 0.105. The van der Waals surface area contributed by atoms with Gasteiger partial charge in [-0.2, -0.15) is 12.7 Å². The molecule has 0 bridgehead atoms. The molecule has 2 rings (SSSR count). The Labute approximate surface area is 104 Å². The highest BCUT2D eigenvalue weighted by Gasteiger charge is 2.40. The Kier molecular flexibility index (Phi) is 4.07. The van der Waals surface area contributed by atoms with Gasteiger partial charge in [0.05, 0.1) is 0 Å². The Hall–Kier alpha value is -0.170. The van der Waals surface area contributed by atoms with Gasteiger partial charge in [0.1, 0.15) is 0 Å². The molecular weight excluding hydrogens is 238 g/mol. The van der Waals surface area contributed by atoms with E-state index in [0.717, 1.165) is 25.9 Å². The minimum atomic E-state index is -3.28. The van der Waals surface area contributed by atoms with Crippen molar-refractivity contribution in [3.63, 3.8) is 0 Å². The van der Waals surface area contributed by atoms with Crippen LogP contribution in [0.1, 0.15) is 33.1 Å². The minimum absolute atomic E-state index is 0.133. The molecule has 2 aliphatic heterocycles. The van der Waals surface area contributed by atoms with Crippen LogP contribution >= 0.6 is 0 Å². The van der Waals surface area contributed by atoms with Gasteiger partial charge in [0.15, 0.2) is 0 Å². The first-order valence-electron chi connectivity index (χ1n) is 6.59. The third-order valence-electron chi connectivity index (χ3n) is 3.85. The molecule has 0 aliphatic carbocycles. The number of nitrogens with one attached hydrogen (secondary N) is 1. The first kappa shape index (κ1) is 13.3. The predicted octanol–water partition coefficient (Wildman–Crippen LogP) is 0.399. The fraction of sp³-hybridized carbons (Fsp3) is 1.00. The van der Waals surface area contributed by atoms with E-state index >= 15 is 0 Å². The molecule has 1 N–H and O–H groups in total. The van der Waals surface area contributed by atoms with Crippen molar-refractivity contribution in [3.05, 3.63) is 0 Å². The number of piperazine rings is 1. The quantitative estimate of drug-likeness (QED) is 0.797. The smallest absolute Gasteiger partial charge is 0.279 e. The average molecular weight is 261 g/mol. The standard InChI is InChI=1S/C11H23N3O2S/c1-3-10-8-13-7-5-6-11(13)9-14(10)17(15,16)12-4-2/h10-12H,3-9H2,1-2H3/t10-,11-/m0/s1. The van der Waals surface area contributed by atoms with Crippen molar-refractivity contribution in [3.8, 4) is 0 Å². The van der Waals surface area contributed by atoms with Gasteiger partial charge in [-0.15, -0.1) is 0 Å². The summed E-state index contributed by atoms with van der Waals surface area (Å²) in [6.07, 6.45) is 3.22. The Morgan fingerprint density at radius 3 is 2.71 bits per heavy atom. The molecule has 0 aromatic heterocycles. The molecule has 2 atom stereocenters. The summed E-state index contributed by atoms with van der Waals surface area (Å²) < 4.78 is 28.6. The molecule has 2 aliphatic rings. The molecule has 0 aromatic rings. The molecule has 17 heavy (non-hydrogen) atoms. The zero-order valence-corrected chi connectivity index (χ0v) is 11.5. The van der Waals surface area contributed by atoms with E-state index in [1.807, 2.05) is 6.92 Å². The molecule has 5 nitrogen and oxygen atoms in total. The van der Waals surface area contributed by atoms with E-state index < -0.39 is 10.2 Å². The number of hydrogen-bond acceptors (Lipinski definition) is 3. The second-order valence-electron chi connectivity index (χ2n) is 4.93. The van der Waals surface area contributed by atoms with Crippen LogP contribution in [0.4, 0.5) is 0 Å². The number of nitrogens with zero attached hydrogens (tertiary/aromatic N) is 2. The van der Waals surface area contributed by atoms with Gasteiger partial charge in [-0.3, -0.25) is 4.90 Å². The van der Waals surface area contributed by atoms with Crippen LogP contribution in [-0.4, -0.2) is 55.9 Å². The van der Waals surface area contributed by atoms with Gasteiger partial charge >= 0.3 is 0 Å². The van der Waals surface area contributed by atoms with Crippen LogP contribution in [0.3, 0.4) is 0 Å². The van der Waals surface area contributed by atoms with Gasteiger partial charge in [-0.25, -0.2) is 4.72 Å². The van der Waals surface area contributed by atoms with E-state index in [1.165, 1.54) is 6.42 Å². The van der Waals surface area contributed by atoms with Crippen LogP contribution in [0.25, 0.3) is 0 Å². The predicted molar refractivity (Wildman–Crippen MR) is 68.0 cm³/mol. The average Bonchev–Trinajstić information content (AvgIpc) is 2.74. The lowest BCUT2D eigenvalue weighted by Crippen LogP contribution is -2.59. The van der Waals surface area contributed by atoms with Crippen molar-refractivity contribution < 1.29 is 8.42 Å². The zero-order chi connectivity index (χ0) is 12.5. The highest BCUT2D eigenvalue weighted by Crippen LogP contribution is 2.27. The van der Waals surface area contributed by atoms with Gasteiger partial charge in [-0.05, 0) is 25.8 Å². The van der Waals surface area contributed by atoms with E-state index in [9.17, 15) is 8.42 Å². The summed E-state index contributed by atoms with van der Waals surface area (Å²) in [5.41, 5.74) is 0. The molecule has 2 heterocycles. The van der Waals surface area contributed by atoms with Crippen molar-refractivity contribution in [2.24, 2.45) is 0 Å². The van der Waals surface area contributed by atoms with E-state index in [-0.39, 0.29) is 6.04 Å². The Balaban J connectivity index is 2.14. The normalized spacial score (nSPS) is 31.6. The summed E-state index contributed by atoms with van der Waals surface area (Å²) in [4.78, 5) is 2.45. The number of hydrogen-bond donors (Lipinski definition) is 1. The Bertz CT molecular complexity index is 358. The van der Waals surface area contributed by atoms with Crippen LogP contribution in [-0.2, 0) is 10.2 Å². The molecular formula is C11H23N3O2S. The molecule has 2 saturated heterocycles. The third-order valence-corrected chi connectivity index (χ3v) is 5.57. The third kappa shape index (κ3) is 2.65. The van der Waals surface area contributed by atoms with Crippen molar-refractivity contribution in [2.45, 2.75) is 45.2 Å². The van der Waals surface area contributed by atoms with Crippen molar-refractivity contribution in [1.82, 2.24) is 13.9 Å². The van der Waals surface area contributed by atoms with E-state index in [1.54, 1.807) is 4.31 Å². The lowest BCUT2D eigenvalue weighted by atomic mass is 10.1. The highest BCUT2D eigenvalue weighted by molar-refractivity contribution is 7.87. The van der Waals surface area contributed by atoms with Crippen molar-refractivity contribution in [2.75, 3.05) is 26.2 Å². The summed E-state index contributed by atoms with van der Waals surface area (Å²) in [5.74, 6) is 0. The molecule has 2 fully saturated rings. The fourth-order valence-electron chi connectivity index (χ4n) is 2.95. The fourth-order valence-corrected chi connectivity index (χ4v) is 4.46. The highest BCUT2D eigenvalue weighted by atomic mass is 32.2. The Morgan fingerprint density at radius 2 is 2.06 bits per heavy atom. The maximum atomic E-state index is 12.1. The first-order chi connectivity index (χ1) is 8.08. The SMILES string of the molecule is CCNS(=O)(=O)N1C[C@@H]2CCCN2C[C@@H]1CC. The van der Waals surface area contributed by atoms with Crippen molar-refractivity contribution >= 4 is 10.2 Å². The minimum Gasteiger partial charge on any atom is -0.297 e. The maximum Gasteiger partial charge on any atom is 0.279 e. The molecule has 0 unspecified atom stereocenters. The van der Waals surface area contributed by atoms with Gasteiger partial charge < -0.3 is 0 Å². The van der Waals surface area contributed by atoms with E-state index in [0.29, 0.717) is 19.1 Å². The summed E-state index contributed by atoms with van der Waals surface area (Å²) in [5, 5.41) is 0. The second kappa shape index (κ2) is 5.22. The van der Waals surface area contributed by atoms with E-state index in [2.05, 4.69) is 16.5 Å². The zero-order valence-electron chi connectivity index (χ0n) is 10.7. The largest absolute Gasteiger partial charge is 0.297 e.